The molecule has 2 aromatic heterocycles. The summed E-state index contributed by atoms with van der Waals surface area (Å²) in [6.07, 6.45) is -0.894. The lowest BCUT2D eigenvalue weighted by Gasteiger charge is -2.33. The summed E-state index contributed by atoms with van der Waals surface area (Å²) < 4.78 is 17.1. The zero-order valence-electron chi connectivity index (χ0n) is 49.7. The SMILES string of the molecule is CCCCCCCCCCn1cc(-c2nnc(-c3ccc(C(=O)N[C@H]4CC(O)CNC(=O)C5C(O)C(C)CN5C(=O)C(C(O)CC(N)=O)NC(=O)C(C(O)Cc5ccc(O)c(OSOOO)c5)NC(=O)C5CC(O)CN5C(=O)C(C(C)O)NC4=O)cc3)o2)cn1. The van der Waals surface area contributed by atoms with Crippen LogP contribution in [0, 0.1) is 5.92 Å². The summed E-state index contributed by atoms with van der Waals surface area (Å²) in [7, 11) is 0. The van der Waals surface area contributed by atoms with Crippen LogP contribution in [0.15, 0.2) is 59.3 Å². The smallest absolute Gasteiger partial charge is 0.261 e. The average molecular weight is 1280 g/mol. The fourth-order valence-electron chi connectivity index (χ4n) is 10.9. The lowest BCUT2D eigenvalue weighted by atomic mass is 9.98. The highest BCUT2D eigenvalue weighted by atomic mass is 32.2. The lowest BCUT2D eigenvalue weighted by molar-refractivity contribution is -0.433. The number of amides is 8. The number of phenolic OH excluding ortho intramolecular Hbond substituents is 1. The van der Waals surface area contributed by atoms with Gasteiger partial charge in [0.1, 0.15) is 36.3 Å². The molecule has 32 nitrogen and oxygen atoms in total. The fourth-order valence-corrected chi connectivity index (χ4v) is 11.1. The first kappa shape index (κ1) is 69.6. The van der Waals surface area contributed by atoms with Crippen molar-refractivity contribution in [1.29, 1.82) is 0 Å². The van der Waals surface area contributed by atoms with E-state index >= 15 is 0 Å². The van der Waals surface area contributed by atoms with Gasteiger partial charge in [-0.25, -0.2) is 5.26 Å². The molecule has 12 unspecified atom stereocenters. The second-order valence-electron chi connectivity index (χ2n) is 22.7. The Bertz CT molecular complexity index is 3120. The number of nitrogens with zero attached hydrogens (tertiary/aromatic N) is 6. The number of carbonyl (C=O) groups excluding carboxylic acids is 8. The third kappa shape index (κ3) is 18.4. The van der Waals surface area contributed by atoms with Gasteiger partial charge >= 0.3 is 0 Å². The Morgan fingerprint density at radius 2 is 1.44 bits per heavy atom. The van der Waals surface area contributed by atoms with E-state index in [4.69, 9.17) is 19.6 Å². The van der Waals surface area contributed by atoms with Gasteiger partial charge in [0.15, 0.2) is 11.5 Å². The van der Waals surface area contributed by atoms with Crippen molar-refractivity contribution in [3.63, 3.8) is 0 Å². The molecule has 8 amide bonds. The van der Waals surface area contributed by atoms with Crippen LogP contribution in [0.4, 0.5) is 0 Å². The van der Waals surface area contributed by atoms with E-state index in [0.29, 0.717) is 11.1 Å². The van der Waals surface area contributed by atoms with Crippen molar-refractivity contribution in [2.75, 3.05) is 19.6 Å². The molecule has 33 heteroatoms. The molecular formula is C57H78N12O20S. The van der Waals surface area contributed by atoms with Crippen LogP contribution in [0.2, 0.25) is 0 Å². The highest BCUT2D eigenvalue weighted by Gasteiger charge is 2.50. The van der Waals surface area contributed by atoms with E-state index in [-0.39, 0.29) is 41.0 Å². The minimum absolute atomic E-state index is 0.0349. The van der Waals surface area contributed by atoms with E-state index in [1.165, 1.54) is 69.4 Å². The van der Waals surface area contributed by atoms with E-state index < -0.39 is 177 Å². The van der Waals surface area contributed by atoms with Crippen molar-refractivity contribution >= 4 is 59.6 Å². The standard InChI is InChI=1S/C57H78N12O20S/c1-4-5-6-7-8-9-10-11-18-67-27-34(24-60-67)55-66-65-54(86-55)33-15-13-32(14-16-33)49(78)61-37-21-35(71)25-59-53(82)47-48(77)29(2)26-69(47)57(84)46(41(75)23-43(58)76)64-52(81)45(40(74)19-31-12-17-39(73)42(20-31)87-90-89-88-85)63-51(80)38-22-36(72)28-68(38)56(83)44(30(3)70)62-50(37)79/h12-17,20,24,27,29-30,35-38,40-41,44-48,70-75,77,85H,4-11,18-19,21-23,25-26,28H2,1-3H3,(H2,58,76)(H,59,82)(H,61,78)(H,62,79)(H,63,80)(H,64,81)/t29?,30?,35?,36?,37-,38?,40?,41?,44?,45?,46?,47?,48?/m0/s1. The maximum Gasteiger partial charge on any atom is 0.261 e. The van der Waals surface area contributed by atoms with Gasteiger partial charge in [0.2, 0.25) is 47.2 Å². The number of carbonyl (C=O) groups is 8. The molecule has 0 bridgehead atoms. The van der Waals surface area contributed by atoms with Crippen LogP contribution in [0.25, 0.3) is 22.9 Å². The zero-order valence-corrected chi connectivity index (χ0v) is 50.5. The Kier molecular flexibility index (Phi) is 25.3. The van der Waals surface area contributed by atoms with Gasteiger partial charge in [0.25, 0.3) is 24.1 Å². The van der Waals surface area contributed by atoms with E-state index in [2.05, 4.69) is 58.2 Å². The van der Waals surface area contributed by atoms with Gasteiger partial charge < -0.3 is 86.5 Å². The highest BCUT2D eigenvalue weighted by molar-refractivity contribution is 7.90. The minimum Gasteiger partial charge on any atom is -0.504 e. The van der Waals surface area contributed by atoms with Gasteiger partial charge in [0, 0.05) is 68.7 Å². The number of hydrogen-bond acceptors (Lipinski definition) is 24. The Morgan fingerprint density at radius 1 is 0.789 bits per heavy atom. The molecule has 7 rings (SSSR count). The van der Waals surface area contributed by atoms with Gasteiger partial charge in [-0.15, -0.1) is 10.2 Å². The van der Waals surface area contributed by atoms with Crippen molar-refractivity contribution in [3.05, 3.63) is 66.0 Å². The summed E-state index contributed by atoms with van der Waals surface area (Å²) in [5.41, 5.74) is 6.46. The molecule has 0 aliphatic carbocycles. The number of fused-ring (bicyclic) bond motifs is 2. The lowest BCUT2D eigenvalue weighted by Crippen LogP contribution is -2.64. The zero-order chi connectivity index (χ0) is 65.3. The van der Waals surface area contributed by atoms with Gasteiger partial charge in [0.05, 0.1) is 54.8 Å². The summed E-state index contributed by atoms with van der Waals surface area (Å²) in [5.74, 6) is -10.9. The monoisotopic (exact) mass is 1280 g/mol. The molecule has 3 aliphatic heterocycles. The first-order valence-electron chi connectivity index (χ1n) is 29.6. The Morgan fingerprint density at radius 3 is 2.12 bits per heavy atom. The van der Waals surface area contributed by atoms with Crippen molar-refractivity contribution in [3.8, 4) is 34.4 Å². The number of phenols is 1. The molecule has 13 atom stereocenters. The summed E-state index contributed by atoms with van der Waals surface area (Å²) >= 11 is 0.0557. The number of primary amides is 1. The number of nitrogens with two attached hydrogens (primary N) is 1. The number of β-amino-alcohol motifs (C(OH)–C–C–N with tert-alkyl or cyclic N) is 1. The molecule has 0 saturated carbocycles. The maximum absolute atomic E-state index is 14.7. The van der Waals surface area contributed by atoms with E-state index in [1.807, 2.05) is 10.9 Å². The van der Waals surface area contributed by atoms with E-state index in [1.54, 1.807) is 6.20 Å². The summed E-state index contributed by atoms with van der Waals surface area (Å²) in [4.78, 5) is 115. The molecule has 90 heavy (non-hydrogen) atoms. The van der Waals surface area contributed by atoms with Gasteiger partial charge in [-0.05, 0) is 55.3 Å². The van der Waals surface area contributed by atoms with Crippen LogP contribution in [-0.4, -0.2) is 211 Å². The second kappa shape index (κ2) is 32.8. The molecule has 3 fully saturated rings. The van der Waals surface area contributed by atoms with Crippen LogP contribution in [0.1, 0.15) is 107 Å². The molecule has 3 saturated heterocycles. The topological polar surface area (TPSA) is 475 Å². The third-order valence-corrected chi connectivity index (χ3v) is 16.1. The van der Waals surface area contributed by atoms with Crippen LogP contribution in [0.3, 0.4) is 0 Å². The van der Waals surface area contributed by atoms with Gasteiger partial charge in [-0.3, -0.25) is 43.0 Å². The van der Waals surface area contributed by atoms with Crippen molar-refractivity contribution in [2.24, 2.45) is 11.7 Å². The number of aromatic nitrogens is 4. The predicted molar refractivity (Wildman–Crippen MR) is 313 cm³/mol. The number of aliphatic hydroxyl groups excluding tert-OH is 6. The normalized spacial score (nSPS) is 25.0. The van der Waals surface area contributed by atoms with E-state index in [0.717, 1.165) is 54.7 Å². The quantitative estimate of drug-likeness (QED) is 0.0167. The summed E-state index contributed by atoms with van der Waals surface area (Å²) in [6.45, 7) is 3.75. The number of rotatable bonds is 24. The molecule has 492 valence electrons. The van der Waals surface area contributed by atoms with Gasteiger partial charge in [-0.2, -0.15) is 5.10 Å². The first-order valence-corrected chi connectivity index (χ1v) is 30.2. The third-order valence-electron chi connectivity index (χ3n) is 15.7. The predicted octanol–water partition coefficient (Wildman–Crippen LogP) is -1.37. The number of aryl methyl sites for hydroxylation is 1. The largest absolute Gasteiger partial charge is 0.504 e. The fraction of sp³-hybridized carbons (Fsp3) is 0.561. The Balaban J connectivity index is 1.16. The summed E-state index contributed by atoms with van der Waals surface area (Å²) in [6, 6.07) is -2.48. The molecular weight excluding hydrogens is 1200 g/mol. The number of hydrogen-bond donors (Lipinski definition) is 14. The molecule has 5 heterocycles. The molecule has 15 N–H and O–H groups in total. The highest BCUT2D eigenvalue weighted by Crippen LogP contribution is 2.32. The summed E-state index contributed by atoms with van der Waals surface area (Å²) in [5, 5.41) is 115. The number of unbranched alkanes of at least 4 members (excludes halogenated alkanes) is 7. The van der Waals surface area contributed by atoms with Crippen molar-refractivity contribution < 1.29 is 97.3 Å². The van der Waals surface area contributed by atoms with Crippen LogP contribution < -0.4 is 36.5 Å². The number of benzene rings is 2. The van der Waals surface area contributed by atoms with Crippen molar-refractivity contribution in [2.45, 2.75) is 177 Å². The van der Waals surface area contributed by atoms with Crippen LogP contribution >= 0.6 is 12.3 Å². The maximum atomic E-state index is 14.7. The first-order chi connectivity index (χ1) is 43.0. The van der Waals surface area contributed by atoms with Gasteiger partial charge in [-0.1, -0.05) is 74.2 Å². The van der Waals surface area contributed by atoms with Crippen LogP contribution in [-0.2, 0) is 55.9 Å². The number of nitrogens with one attached hydrogen (secondary N) is 5. The molecule has 0 radical (unpaired) electrons. The average Bonchev–Trinajstić information content (AvgIpc) is 1.78. The molecule has 4 aromatic rings. The van der Waals surface area contributed by atoms with Crippen molar-refractivity contribution in [1.82, 2.24) is 56.4 Å². The Hall–Kier alpha value is -7.86. The van der Waals surface area contributed by atoms with E-state index in [9.17, 15) is 74.1 Å². The number of aliphatic hydroxyl groups is 6. The second-order valence-corrected chi connectivity index (χ2v) is 23.2. The molecule has 0 spiro atoms. The molecule has 2 aromatic carbocycles. The number of aromatic hydroxyl groups is 1. The molecule has 3 aliphatic rings. The minimum atomic E-state index is -2.22. The Labute approximate surface area is 520 Å². The van der Waals surface area contributed by atoms with Crippen LogP contribution in [0.5, 0.6) is 11.5 Å².